The fourth-order valence-corrected chi connectivity index (χ4v) is 4.18. The van der Waals surface area contributed by atoms with E-state index in [9.17, 15) is 9.90 Å². The topological polar surface area (TPSA) is 91.3 Å². The Bertz CT molecular complexity index is 1320. The van der Waals surface area contributed by atoms with Gasteiger partial charge in [0.2, 0.25) is 5.91 Å². The minimum Gasteiger partial charge on any atom is -0.507 e. The standard InChI is InChI=1S/C25H22N4O3/c1-3-22(31)29-13-16(14-29)24-23(15-8-10-17(32-2)11-9-15)19-12-20(27-28-25(19)26-24)18-6-4-5-7-21(18)30/h3-12,16,30H,1,13-14H2,2H3,(H,26,28). The molecule has 0 aliphatic carbocycles. The van der Waals surface area contributed by atoms with Crippen molar-refractivity contribution < 1.29 is 14.6 Å². The molecule has 0 bridgehead atoms. The van der Waals surface area contributed by atoms with E-state index in [2.05, 4.69) is 21.8 Å². The van der Waals surface area contributed by atoms with Gasteiger partial charge in [-0.3, -0.25) is 4.79 Å². The number of methoxy groups -OCH3 is 1. The minimum absolute atomic E-state index is 0.0648. The van der Waals surface area contributed by atoms with Crippen LogP contribution in [0.3, 0.4) is 0 Å². The molecular weight excluding hydrogens is 404 g/mol. The summed E-state index contributed by atoms with van der Waals surface area (Å²) in [7, 11) is 1.64. The van der Waals surface area contributed by atoms with Crippen LogP contribution in [0.25, 0.3) is 33.4 Å². The molecule has 1 aliphatic heterocycles. The van der Waals surface area contributed by atoms with Crippen LogP contribution >= 0.6 is 0 Å². The number of H-pyrrole nitrogens is 1. The first kappa shape index (κ1) is 19.8. The van der Waals surface area contributed by atoms with Crippen molar-refractivity contribution >= 4 is 16.9 Å². The Labute approximate surface area is 185 Å². The molecule has 7 heteroatoms. The number of aromatic amines is 1. The molecule has 1 amide bonds. The molecule has 0 spiro atoms. The molecule has 4 aromatic rings. The summed E-state index contributed by atoms with van der Waals surface area (Å²) in [5.74, 6) is 1.01. The lowest BCUT2D eigenvalue weighted by Crippen LogP contribution is -2.48. The zero-order chi connectivity index (χ0) is 22.2. The average Bonchev–Trinajstić information content (AvgIpc) is 3.16. The van der Waals surface area contributed by atoms with E-state index >= 15 is 0 Å². The Kier molecular flexibility index (Phi) is 4.86. The highest BCUT2D eigenvalue weighted by Gasteiger charge is 2.34. The molecule has 160 valence electrons. The number of aromatic hydroxyl groups is 1. The number of phenolic OH excluding ortho intramolecular Hbond substituents is 1. The summed E-state index contributed by atoms with van der Waals surface area (Å²) in [5, 5.41) is 19.9. The minimum atomic E-state index is -0.0648. The Morgan fingerprint density at radius 2 is 1.94 bits per heavy atom. The van der Waals surface area contributed by atoms with Crippen LogP contribution < -0.4 is 4.74 Å². The number of nitrogens with one attached hydrogen (secondary N) is 1. The van der Waals surface area contributed by atoms with Gasteiger partial charge in [-0.25, -0.2) is 0 Å². The normalized spacial score (nSPS) is 13.7. The Hall–Kier alpha value is -4.13. The number of carbonyl (C=O) groups excluding carboxylic acids is 1. The van der Waals surface area contributed by atoms with E-state index in [0.717, 1.165) is 28.0 Å². The predicted octanol–water partition coefficient (Wildman–Crippen LogP) is 4.12. The summed E-state index contributed by atoms with van der Waals surface area (Å²) in [6.07, 6.45) is 1.34. The van der Waals surface area contributed by atoms with E-state index in [1.807, 2.05) is 42.5 Å². The van der Waals surface area contributed by atoms with Gasteiger partial charge in [0.15, 0.2) is 5.65 Å². The number of likely N-dealkylation sites (tertiary alicyclic amines) is 1. The third-order valence-electron chi connectivity index (χ3n) is 5.92. The molecule has 0 radical (unpaired) electrons. The van der Waals surface area contributed by atoms with E-state index < -0.39 is 0 Å². The van der Waals surface area contributed by atoms with Gasteiger partial charge in [0, 0.05) is 41.2 Å². The number of nitrogens with zero attached hydrogens (tertiary/aromatic N) is 3. The lowest BCUT2D eigenvalue weighted by Gasteiger charge is -2.38. The van der Waals surface area contributed by atoms with Crippen molar-refractivity contribution in [3.8, 4) is 33.9 Å². The molecule has 1 aliphatic rings. The van der Waals surface area contributed by atoms with Gasteiger partial charge in [0.25, 0.3) is 0 Å². The third-order valence-corrected chi connectivity index (χ3v) is 5.92. The summed E-state index contributed by atoms with van der Waals surface area (Å²) in [6, 6.07) is 16.9. The summed E-state index contributed by atoms with van der Waals surface area (Å²) >= 11 is 0. The number of ether oxygens (including phenoxy) is 1. The molecule has 7 nitrogen and oxygen atoms in total. The van der Waals surface area contributed by atoms with Crippen LogP contribution in [0, 0.1) is 0 Å². The zero-order valence-electron chi connectivity index (χ0n) is 17.6. The number of para-hydroxylation sites is 1. The molecule has 32 heavy (non-hydrogen) atoms. The van der Waals surface area contributed by atoms with Gasteiger partial charge in [-0.05, 0) is 42.0 Å². The van der Waals surface area contributed by atoms with Gasteiger partial charge < -0.3 is 19.7 Å². The molecule has 3 heterocycles. The van der Waals surface area contributed by atoms with Crippen molar-refractivity contribution in [1.82, 2.24) is 20.1 Å². The van der Waals surface area contributed by atoms with Crippen LogP contribution in [0.2, 0.25) is 0 Å². The van der Waals surface area contributed by atoms with Crippen molar-refractivity contribution in [2.45, 2.75) is 5.92 Å². The molecule has 1 saturated heterocycles. The van der Waals surface area contributed by atoms with Gasteiger partial charge >= 0.3 is 0 Å². The Balaban J connectivity index is 1.64. The van der Waals surface area contributed by atoms with Crippen LogP contribution in [-0.2, 0) is 4.79 Å². The smallest absolute Gasteiger partial charge is 0.245 e. The third kappa shape index (κ3) is 3.28. The molecule has 0 saturated carbocycles. The first-order valence-corrected chi connectivity index (χ1v) is 10.3. The predicted molar refractivity (Wildman–Crippen MR) is 122 cm³/mol. The van der Waals surface area contributed by atoms with Crippen molar-refractivity contribution in [3.05, 3.63) is 72.9 Å². The fraction of sp³-hybridized carbons (Fsp3) is 0.160. The second kappa shape index (κ2) is 7.85. The molecule has 0 unspecified atom stereocenters. The van der Waals surface area contributed by atoms with Gasteiger partial charge in [-0.15, -0.1) is 10.2 Å². The highest BCUT2D eigenvalue weighted by atomic mass is 16.5. The molecular formula is C25H22N4O3. The van der Waals surface area contributed by atoms with E-state index in [-0.39, 0.29) is 17.6 Å². The first-order chi connectivity index (χ1) is 15.6. The number of rotatable bonds is 5. The molecule has 5 rings (SSSR count). The second-order valence-electron chi connectivity index (χ2n) is 7.80. The number of hydrogen-bond donors (Lipinski definition) is 2. The average molecular weight is 426 g/mol. The molecule has 2 N–H and O–H groups in total. The number of phenols is 1. The SMILES string of the molecule is C=CC(=O)N1CC(c2[nH]c3nnc(-c4ccccc4O)cc3c2-c2ccc(OC)cc2)C1. The lowest BCUT2D eigenvalue weighted by molar-refractivity contribution is -0.130. The van der Waals surface area contributed by atoms with Crippen LogP contribution in [0.15, 0.2) is 67.3 Å². The van der Waals surface area contributed by atoms with Crippen molar-refractivity contribution in [2.24, 2.45) is 0 Å². The number of carbonyl (C=O) groups is 1. The number of aromatic nitrogens is 3. The maximum Gasteiger partial charge on any atom is 0.245 e. The van der Waals surface area contributed by atoms with Crippen LogP contribution in [0.1, 0.15) is 11.6 Å². The number of benzene rings is 2. The highest BCUT2D eigenvalue weighted by Crippen LogP contribution is 2.40. The summed E-state index contributed by atoms with van der Waals surface area (Å²) in [4.78, 5) is 17.1. The number of amides is 1. The molecule has 2 aromatic carbocycles. The molecule has 2 aromatic heterocycles. The maximum atomic E-state index is 11.9. The lowest BCUT2D eigenvalue weighted by atomic mass is 9.90. The van der Waals surface area contributed by atoms with E-state index in [1.54, 1.807) is 24.1 Å². The van der Waals surface area contributed by atoms with Gasteiger partial charge in [-0.2, -0.15) is 0 Å². The maximum absolute atomic E-state index is 11.9. The van der Waals surface area contributed by atoms with Crippen molar-refractivity contribution in [3.63, 3.8) is 0 Å². The number of hydrogen-bond acceptors (Lipinski definition) is 5. The van der Waals surface area contributed by atoms with Crippen molar-refractivity contribution in [1.29, 1.82) is 0 Å². The van der Waals surface area contributed by atoms with E-state index in [4.69, 9.17) is 4.74 Å². The van der Waals surface area contributed by atoms with Gasteiger partial charge in [0.1, 0.15) is 11.5 Å². The Morgan fingerprint density at radius 1 is 1.19 bits per heavy atom. The zero-order valence-corrected chi connectivity index (χ0v) is 17.6. The Morgan fingerprint density at radius 3 is 2.62 bits per heavy atom. The molecule has 1 fully saturated rings. The summed E-state index contributed by atoms with van der Waals surface area (Å²) in [5.41, 5.74) is 4.92. The van der Waals surface area contributed by atoms with Crippen LogP contribution in [-0.4, -0.2) is 51.3 Å². The van der Waals surface area contributed by atoms with Crippen molar-refractivity contribution in [2.75, 3.05) is 20.2 Å². The van der Waals surface area contributed by atoms with E-state index in [0.29, 0.717) is 30.0 Å². The summed E-state index contributed by atoms with van der Waals surface area (Å²) in [6.45, 7) is 4.80. The van der Waals surface area contributed by atoms with Gasteiger partial charge in [-0.1, -0.05) is 30.8 Å². The highest BCUT2D eigenvalue weighted by molar-refractivity contribution is 5.98. The first-order valence-electron chi connectivity index (χ1n) is 10.3. The van der Waals surface area contributed by atoms with E-state index in [1.165, 1.54) is 6.08 Å². The number of fused-ring (bicyclic) bond motifs is 1. The summed E-state index contributed by atoms with van der Waals surface area (Å²) < 4.78 is 5.32. The fourth-order valence-electron chi connectivity index (χ4n) is 4.18. The van der Waals surface area contributed by atoms with Crippen LogP contribution in [0.5, 0.6) is 11.5 Å². The molecule has 0 atom stereocenters. The second-order valence-corrected chi connectivity index (χ2v) is 7.80. The van der Waals surface area contributed by atoms with Gasteiger partial charge in [0.05, 0.1) is 12.8 Å². The quantitative estimate of drug-likeness (QED) is 0.469. The van der Waals surface area contributed by atoms with Crippen LogP contribution in [0.4, 0.5) is 0 Å². The largest absolute Gasteiger partial charge is 0.507 e. The monoisotopic (exact) mass is 426 g/mol.